The van der Waals surface area contributed by atoms with Crippen molar-refractivity contribution in [2.45, 2.75) is 12.8 Å². The molecule has 22 heavy (non-hydrogen) atoms. The van der Waals surface area contributed by atoms with Gasteiger partial charge in [0.2, 0.25) is 5.43 Å². The Hall–Kier alpha value is -2.13. The van der Waals surface area contributed by atoms with E-state index in [4.69, 9.17) is 4.74 Å². The highest BCUT2D eigenvalue weighted by Gasteiger charge is 2.01. The molecule has 0 saturated heterocycles. The molecule has 0 spiro atoms. The lowest BCUT2D eigenvalue weighted by Crippen LogP contribution is -2.24. The minimum absolute atomic E-state index is 0.0672. The third-order valence-corrected chi connectivity index (χ3v) is 3.53. The third kappa shape index (κ3) is 5.70. The Balaban J connectivity index is 1.66. The number of hydrogen-bond acceptors (Lipinski definition) is 3. The molecule has 0 atom stereocenters. The van der Waals surface area contributed by atoms with Gasteiger partial charge in [-0.3, -0.25) is 4.79 Å². The molecule has 0 saturated carbocycles. The first-order valence-electron chi connectivity index (χ1n) is 7.70. The highest BCUT2D eigenvalue weighted by molar-refractivity contribution is 5.20. The van der Waals surface area contributed by atoms with Crippen LogP contribution in [-0.2, 0) is 6.42 Å². The second-order valence-corrected chi connectivity index (χ2v) is 5.38. The number of likely N-dealkylation sites (N-methyl/N-ethyl adjacent to an activating group) is 1. The maximum absolute atomic E-state index is 11.7. The van der Waals surface area contributed by atoms with Crippen LogP contribution >= 0.6 is 0 Å². The zero-order valence-corrected chi connectivity index (χ0v) is 13.1. The predicted octanol–water partition coefficient (Wildman–Crippen LogP) is 2.99. The van der Waals surface area contributed by atoms with Crippen LogP contribution in [-0.4, -0.2) is 31.6 Å². The molecular formula is C19H23NO2. The SMILES string of the molecule is CN(CCCOc1cccccc1=O)CCc1ccccc1. The normalized spacial score (nSPS) is 10.6. The Bertz CT molecular complexity index is 613. The molecule has 0 aliphatic heterocycles. The standard InChI is InChI=1S/C19H23NO2/c1-20(15-13-17-9-4-2-5-10-17)14-8-16-22-19-12-7-3-6-11-18(19)21/h2-7,9-12H,8,13-16H2,1H3. The monoisotopic (exact) mass is 297 g/mol. The van der Waals surface area contributed by atoms with Gasteiger partial charge in [0.25, 0.3) is 0 Å². The number of hydrogen-bond donors (Lipinski definition) is 0. The first kappa shape index (κ1) is 16.2. The van der Waals surface area contributed by atoms with E-state index in [0.29, 0.717) is 12.4 Å². The molecule has 116 valence electrons. The van der Waals surface area contributed by atoms with Gasteiger partial charge in [0.15, 0.2) is 5.75 Å². The maximum atomic E-state index is 11.7. The van der Waals surface area contributed by atoms with Crippen LogP contribution in [0.3, 0.4) is 0 Å². The Kier molecular flexibility index (Phi) is 6.65. The molecule has 0 N–H and O–H groups in total. The molecule has 2 aromatic carbocycles. The van der Waals surface area contributed by atoms with E-state index in [2.05, 4.69) is 36.2 Å². The smallest absolute Gasteiger partial charge is 0.220 e. The van der Waals surface area contributed by atoms with Crippen molar-refractivity contribution < 1.29 is 4.74 Å². The highest BCUT2D eigenvalue weighted by atomic mass is 16.5. The van der Waals surface area contributed by atoms with Crippen LogP contribution in [0.5, 0.6) is 5.75 Å². The van der Waals surface area contributed by atoms with Crippen molar-refractivity contribution in [1.29, 1.82) is 0 Å². The fourth-order valence-electron chi connectivity index (χ4n) is 2.23. The maximum Gasteiger partial charge on any atom is 0.220 e. The molecule has 0 bridgehead atoms. The van der Waals surface area contributed by atoms with Crippen LogP contribution in [0.15, 0.2) is 65.5 Å². The van der Waals surface area contributed by atoms with Crippen LogP contribution in [0.2, 0.25) is 0 Å². The fraction of sp³-hybridized carbons (Fsp3) is 0.316. The lowest BCUT2D eigenvalue weighted by molar-refractivity contribution is 0.263. The minimum atomic E-state index is -0.0672. The van der Waals surface area contributed by atoms with Gasteiger partial charge in [0.1, 0.15) is 0 Å². The van der Waals surface area contributed by atoms with Crippen LogP contribution in [0.1, 0.15) is 12.0 Å². The van der Waals surface area contributed by atoms with Crippen molar-refractivity contribution in [3.63, 3.8) is 0 Å². The van der Waals surface area contributed by atoms with E-state index in [0.717, 1.165) is 25.9 Å². The highest BCUT2D eigenvalue weighted by Crippen LogP contribution is 2.03. The summed E-state index contributed by atoms with van der Waals surface area (Å²) < 4.78 is 5.57. The number of nitrogens with zero attached hydrogens (tertiary/aromatic N) is 1. The number of benzene rings is 1. The van der Waals surface area contributed by atoms with Crippen LogP contribution < -0.4 is 10.2 Å². The summed E-state index contributed by atoms with van der Waals surface area (Å²) >= 11 is 0. The van der Waals surface area contributed by atoms with E-state index in [1.807, 2.05) is 18.2 Å². The summed E-state index contributed by atoms with van der Waals surface area (Å²) in [6.45, 7) is 2.55. The largest absolute Gasteiger partial charge is 0.489 e. The van der Waals surface area contributed by atoms with Gasteiger partial charge < -0.3 is 9.64 Å². The van der Waals surface area contributed by atoms with Crippen LogP contribution in [0.25, 0.3) is 0 Å². The lowest BCUT2D eigenvalue weighted by Gasteiger charge is -2.16. The summed E-state index contributed by atoms with van der Waals surface area (Å²) in [5.41, 5.74) is 1.29. The van der Waals surface area contributed by atoms with Gasteiger partial charge in [0, 0.05) is 13.1 Å². The van der Waals surface area contributed by atoms with E-state index in [1.54, 1.807) is 12.1 Å². The zero-order chi connectivity index (χ0) is 15.6. The second-order valence-electron chi connectivity index (χ2n) is 5.38. The zero-order valence-electron chi connectivity index (χ0n) is 13.1. The summed E-state index contributed by atoms with van der Waals surface area (Å²) in [7, 11) is 2.12. The van der Waals surface area contributed by atoms with E-state index in [1.165, 1.54) is 11.6 Å². The van der Waals surface area contributed by atoms with Crippen molar-refractivity contribution in [3.8, 4) is 5.75 Å². The number of ether oxygens (including phenoxy) is 1. The van der Waals surface area contributed by atoms with Gasteiger partial charge >= 0.3 is 0 Å². The molecule has 0 fully saturated rings. The fourth-order valence-corrected chi connectivity index (χ4v) is 2.23. The summed E-state index contributed by atoms with van der Waals surface area (Å²) in [5, 5.41) is 0. The molecule has 0 radical (unpaired) electrons. The van der Waals surface area contributed by atoms with E-state index >= 15 is 0 Å². The Labute approximate surface area is 132 Å². The quantitative estimate of drug-likeness (QED) is 0.702. The summed E-state index contributed by atoms with van der Waals surface area (Å²) in [6.07, 6.45) is 1.96. The molecule has 0 aliphatic rings. The van der Waals surface area contributed by atoms with Crippen molar-refractivity contribution in [2.75, 3.05) is 26.7 Å². The van der Waals surface area contributed by atoms with Gasteiger partial charge in [0.05, 0.1) is 6.61 Å². The molecule has 0 aromatic heterocycles. The molecule has 2 rings (SSSR count). The average Bonchev–Trinajstić information content (AvgIpc) is 2.75. The molecule has 0 aliphatic carbocycles. The van der Waals surface area contributed by atoms with Gasteiger partial charge in [-0.25, -0.2) is 0 Å². The van der Waals surface area contributed by atoms with Crippen molar-refractivity contribution in [1.82, 2.24) is 4.90 Å². The Morgan fingerprint density at radius 1 is 0.909 bits per heavy atom. The molecule has 3 nitrogen and oxygen atoms in total. The van der Waals surface area contributed by atoms with Gasteiger partial charge in [-0.1, -0.05) is 48.5 Å². The van der Waals surface area contributed by atoms with Gasteiger partial charge in [-0.2, -0.15) is 0 Å². The molecule has 2 aromatic rings. The van der Waals surface area contributed by atoms with Crippen LogP contribution in [0.4, 0.5) is 0 Å². The van der Waals surface area contributed by atoms with E-state index in [9.17, 15) is 4.79 Å². The lowest BCUT2D eigenvalue weighted by atomic mass is 10.1. The topological polar surface area (TPSA) is 29.5 Å². The predicted molar refractivity (Wildman–Crippen MR) is 90.5 cm³/mol. The first-order chi connectivity index (χ1) is 10.8. The van der Waals surface area contributed by atoms with Crippen LogP contribution in [0, 0.1) is 0 Å². The summed E-state index contributed by atoms with van der Waals surface area (Å²) in [6, 6.07) is 19.1. The molecule has 3 heteroatoms. The van der Waals surface area contributed by atoms with Crippen molar-refractivity contribution >= 4 is 0 Å². The summed E-state index contributed by atoms with van der Waals surface area (Å²) in [4.78, 5) is 14.0. The molecule has 0 unspecified atom stereocenters. The molecule has 0 amide bonds. The first-order valence-corrected chi connectivity index (χ1v) is 7.70. The van der Waals surface area contributed by atoms with E-state index < -0.39 is 0 Å². The van der Waals surface area contributed by atoms with E-state index in [-0.39, 0.29) is 5.43 Å². The summed E-state index contributed by atoms with van der Waals surface area (Å²) in [5.74, 6) is 0.428. The average molecular weight is 297 g/mol. The minimum Gasteiger partial charge on any atom is -0.489 e. The molecular weight excluding hydrogens is 274 g/mol. The Morgan fingerprint density at radius 2 is 1.59 bits per heavy atom. The third-order valence-electron chi connectivity index (χ3n) is 3.53. The van der Waals surface area contributed by atoms with Crippen molar-refractivity contribution in [3.05, 3.63) is 76.5 Å². The van der Waals surface area contributed by atoms with Gasteiger partial charge in [-0.15, -0.1) is 0 Å². The molecule has 0 heterocycles. The number of rotatable bonds is 8. The Morgan fingerprint density at radius 3 is 2.36 bits per heavy atom. The second kappa shape index (κ2) is 9.00. The van der Waals surface area contributed by atoms with Gasteiger partial charge in [-0.05, 0) is 37.6 Å². The van der Waals surface area contributed by atoms with Crippen molar-refractivity contribution in [2.24, 2.45) is 0 Å².